The van der Waals surface area contributed by atoms with Gasteiger partial charge in [0.05, 0.1) is 6.04 Å². The summed E-state index contributed by atoms with van der Waals surface area (Å²) in [5, 5.41) is 2.56. The Hall–Kier alpha value is -1.72. The largest absolute Gasteiger partial charge is 0.404 e. The molecule has 0 aliphatic heterocycles. The number of hydrogen-bond acceptors (Lipinski definition) is 5. The molecule has 0 aromatic carbocycles. The highest BCUT2D eigenvalue weighted by Gasteiger charge is 2.46. The van der Waals surface area contributed by atoms with Gasteiger partial charge in [0.1, 0.15) is 16.8 Å². The monoisotopic (exact) mass is 420 g/mol. The van der Waals surface area contributed by atoms with E-state index in [1.807, 2.05) is 0 Å². The molecular formula is C17H23F3N4O3S. The third-order valence-electron chi connectivity index (χ3n) is 5.17. The Morgan fingerprint density at radius 1 is 1.21 bits per heavy atom. The van der Waals surface area contributed by atoms with Gasteiger partial charge in [-0.05, 0) is 62.5 Å². The number of nitrogens with one attached hydrogen (secondary N) is 2. The van der Waals surface area contributed by atoms with Crippen LogP contribution in [0.3, 0.4) is 0 Å². The first-order valence-electron chi connectivity index (χ1n) is 9.10. The number of pyridine rings is 1. The third kappa shape index (κ3) is 5.00. The summed E-state index contributed by atoms with van der Waals surface area (Å²) in [7, 11) is -4.39. The Kier molecular flexibility index (Phi) is 5.70. The fourth-order valence-electron chi connectivity index (χ4n) is 3.30. The lowest BCUT2D eigenvalue weighted by Crippen LogP contribution is -2.44. The zero-order valence-corrected chi connectivity index (χ0v) is 16.1. The van der Waals surface area contributed by atoms with Crippen molar-refractivity contribution in [2.75, 3.05) is 5.32 Å². The lowest BCUT2D eigenvalue weighted by atomic mass is 9.89. The van der Waals surface area contributed by atoms with E-state index in [9.17, 15) is 26.4 Å². The van der Waals surface area contributed by atoms with E-state index in [1.54, 1.807) is 4.72 Å². The molecule has 0 saturated heterocycles. The number of anilines is 1. The van der Waals surface area contributed by atoms with Gasteiger partial charge in [0, 0.05) is 6.20 Å². The molecule has 2 fully saturated rings. The van der Waals surface area contributed by atoms with Crippen LogP contribution < -0.4 is 15.8 Å². The summed E-state index contributed by atoms with van der Waals surface area (Å²) in [6.45, 7) is 0.705. The average molecular weight is 420 g/mol. The number of alkyl halides is 3. The Morgan fingerprint density at radius 3 is 2.21 bits per heavy atom. The molecule has 2 atom stereocenters. The number of rotatable bonds is 8. The molecule has 7 nitrogen and oxygen atoms in total. The Bertz CT molecular complexity index is 809. The van der Waals surface area contributed by atoms with Gasteiger partial charge in [-0.15, -0.1) is 0 Å². The summed E-state index contributed by atoms with van der Waals surface area (Å²) >= 11 is 0. The molecule has 4 N–H and O–H groups in total. The number of nitrogens with zero attached hydrogens (tertiary/aromatic N) is 1. The molecule has 2 aliphatic carbocycles. The van der Waals surface area contributed by atoms with E-state index in [4.69, 9.17) is 5.73 Å². The van der Waals surface area contributed by atoms with Crippen LogP contribution in [0.1, 0.15) is 32.6 Å². The standard InChI is InChI=1S/C17H23F3N4O3S/c1-9(17(18,19)20)24-28(26,27)12-6-7-13(22-8-12)23-16(25)15(21)14(10-2-3-10)11-4-5-11/h6-11,14-15,24H,2-5,21H2,1H3,(H,22,23,25)/t9-,15-/m0/s1. The third-order valence-corrected chi connectivity index (χ3v) is 6.70. The molecular weight excluding hydrogens is 397 g/mol. The molecule has 0 unspecified atom stereocenters. The molecule has 2 saturated carbocycles. The zero-order chi connectivity index (χ0) is 20.7. The van der Waals surface area contributed by atoms with Crippen LogP contribution in [-0.4, -0.2) is 37.6 Å². The van der Waals surface area contributed by atoms with Crippen LogP contribution in [-0.2, 0) is 14.8 Å². The van der Waals surface area contributed by atoms with Crippen LogP contribution in [0.4, 0.5) is 19.0 Å². The quantitative estimate of drug-likeness (QED) is 0.595. The van der Waals surface area contributed by atoms with E-state index in [2.05, 4.69) is 10.3 Å². The second-order valence-electron chi connectivity index (χ2n) is 7.53. The van der Waals surface area contributed by atoms with Gasteiger partial charge in [0.2, 0.25) is 15.9 Å². The molecule has 1 aromatic heterocycles. The van der Waals surface area contributed by atoms with Gasteiger partial charge in [-0.3, -0.25) is 4.79 Å². The van der Waals surface area contributed by atoms with Gasteiger partial charge in [-0.25, -0.2) is 13.4 Å². The highest BCUT2D eigenvalue weighted by atomic mass is 32.2. The minimum absolute atomic E-state index is 0.0913. The highest BCUT2D eigenvalue weighted by Crippen LogP contribution is 2.50. The smallest absolute Gasteiger partial charge is 0.320 e. The van der Waals surface area contributed by atoms with E-state index >= 15 is 0 Å². The predicted molar refractivity (Wildman–Crippen MR) is 95.6 cm³/mol. The molecule has 28 heavy (non-hydrogen) atoms. The maximum absolute atomic E-state index is 12.6. The van der Waals surface area contributed by atoms with Crippen molar-refractivity contribution < 1.29 is 26.4 Å². The van der Waals surface area contributed by atoms with E-state index < -0.39 is 39.1 Å². The van der Waals surface area contributed by atoms with Crippen LogP contribution in [0.5, 0.6) is 0 Å². The zero-order valence-electron chi connectivity index (χ0n) is 15.2. The predicted octanol–water partition coefficient (Wildman–Crippen LogP) is 2.01. The first kappa shape index (κ1) is 21.0. The number of carbonyl (C=O) groups is 1. The molecule has 0 radical (unpaired) electrons. The molecule has 0 bridgehead atoms. The summed E-state index contributed by atoms with van der Waals surface area (Å²) < 4.78 is 63.3. The van der Waals surface area contributed by atoms with Crippen molar-refractivity contribution in [1.29, 1.82) is 0 Å². The number of carbonyl (C=O) groups excluding carboxylic acids is 1. The van der Waals surface area contributed by atoms with Crippen LogP contribution in [0, 0.1) is 17.8 Å². The normalized spacial score (nSPS) is 20.1. The fraction of sp³-hybridized carbons (Fsp3) is 0.647. The van der Waals surface area contributed by atoms with Gasteiger partial charge in [0.15, 0.2) is 0 Å². The molecule has 2 aliphatic rings. The number of halogens is 3. The lowest BCUT2D eigenvalue weighted by Gasteiger charge is -2.22. The Labute approximate surface area is 161 Å². The second-order valence-corrected chi connectivity index (χ2v) is 9.24. The van der Waals surface area contributed by atoms with E-state index in [1.165, 1.54) is 6.07 Å². The van der Waals surface area contributed by atoms with Crippen LogP contribution in [0.25, 0.3) is 0 Å². The van der Waals surface area contributed by atoms with Crippen molar-refractivity contribution in [3.8, 4) is 0 Å². The van der Waals surface area contributed by atoms with Crippen molar-refractivity contribution >= 4 is 21.7 Å². The minimum Gasteiger partial charge on any atom is -0.320 e. The van der Waals surface area contributed by atoms with Gasteiger partial charge < -0.3 is 11.1 Å². The van der Waals surface area contributed by atoms with E-state index in [0.29, 0.717) is 18.8 Å². The van der Waals surface area contributed by atoms with Crippen molar-refractivity contribution in [3.63, 3.8) is 0 Å². The first-order chi connectivity index (χ1) is 13.0. The fourth-order valence-corrected chi connectivity index (χ4v) is 4.47. The van der Waals surface area contributed by atoms with Gasteiger partial charge in [-0.2, -0.15) is 17.9 Å². The molecule has 11 heteroatoms. The maximum atomic E-state index is 12.6. The maximum Gasteiger partial charge on any atom is 0.404 e. The first-order valence-corrected chi connectivity index (χ1v) is 10.6. The summed E-state index contributed by atoms with van der Waals surface area (Å²) in [6, 6.07) is -0.601. The van der Waals surface area contributed by atoms with Crippen molar-refractivity contribution in [2.45, 2.75) is 55.8 Å². The van der Waals surface area contributed by atoms with Crippen molar-refractivity contribution in [3.05, 3.63) is 18.3 Å². The van der Waals surface area contributed by atoms with E-state index in [-0.39, 0.29) is 11.7 Å². The molecule has 156 valence electrons. The van der Waals surface area contributed by atoms with Gasteiger partial charge in [-0.1, -0.05) is 0 Å². The van der Waals surface area contributed by atoms with Crippen molar-refractivity contribution in [2.24, 2.45) is 23.5 Å². The van der Waals surface area contributed by atoms with Crippen molar-refractivity contribution in [1.82, 2.24) is 9.71 Å². The highest BCUT2D eigenvalue weighted by molar-refractivity contribution is 7.89. The Balaban J connectivity index is 1.63. The molecule has 1 amide bonds. The number of amides is 1. The summed E-state index contributed by atoms with van der Waals surface area (Å²) in [4.78, 5) is 15.8. The van der Waals surface area contributed by atoms with Crippen LogP contribution in [0.2, 0.25) is 0 Å². The molecule has 0 spiro atoms. The van der Waals surface area contributed by atoms with E-state index in [0.717, 1.165) is 37.9 Å². The molecule has 1 heterocycles. The number of nitrogens with two attached hydrogens (primary N) is 1. The topological polar surface area (TPSA) is 114 Å². The minimum atomic E-state index is -4.70. The van der Waals surface area contributed by atoms with Gasteiger partial charge in [0.25, 0.3) is 0 Å². The SMILES string of the molecule is C[C@H](NS(=O)(=O)c1ccc(NC(=O)[C@@H](N)C(C2CC2)C2CC2)nc1)C(F)(F)F. The second kappa shape index (κ2) is 7.60. The summed E-state index contributed by atoms with van der Waals surface area (Å²) in [5.74, 6) is 0.808. The average Bonchev–Trinajstić information content (AvgIpc) is 3.49. The summed E-state index contributed by atoms with van der Waals surface area (Å²) in [6.07, 6.45) is 0.509. The Morgan fingerprint density at radius 2 is 1.79 bits per heavy atom. The number of aromatic nitrogens is 1. The number of hydrogen-bond donors (Lipinski definition) is 3. The lowest BCUT2D eigenvalue weighted by molar-refractivity contribution is -0.147. The summed E-state index contributed by atoms with van der Waals surface area (Å²) in [5.41, 5.74) is 6.13. The van der Waals surface area contributed by atoms with Crippen LogP contribution in [0.15, 0.2) is 23.2 Å². The van der Waals surface area contributed by atoms with Crippen LogP contribution >= 0.6 is 0 Å². The number of sulfonamides is 1. The molecule has 1 aromatic rings. The molecule has 3 rings (SSSR count). The van der Waals surface area contributed by atoms with Gasteiger partial charge >= 0.3 is 6.18 Å².